The van der Waals surface area contributed by atoms with Crippen molar-refractivity contribution < 1.29 is 9.13 Å². The monoisotopic (exact) mass is 279 g/mol. The highest BCUT2D eigenvalue weighted by atomic mass is 19.1. The molecule has 1 aliphatic rings. The van der Waals surface area contributed by atoms with Crippen LogP contribution in [-0.2, 0) is 4.74 Å². The van der Waals surface area contributed by atoms with Crippen molar-refractivity contribution in [2.75, 3.05) is 13.7 Å². The van der Waals surface area contributed by atoms with Crippen molar-refractivity contribution in [3.05, 3.63) is 35.6 Å². The number of nitrogens with one attached hydrogen (secondary N) is 1. The molecule has 2 rings (SSSR count). The fraction of sp³-hybridized carbons (Fsp3) is 0.533. The zero-order valence-electron chi connectivity index (χ0n) is 12.0. The van der Waals surface area contributed by atoms with Crippen molar-refractivity contribution in [3.63, 3.8) is 0 Å². The molecule has 0 heterocycles. The minimum absolute atomic E-state index is 0.150. The van der Waals surface area contributed by atoms with Gasteiger partial charge in [0.1, 0.15) is 5.82 Å². The maximum atomic E-state index is 12.8. The summed E-state index contributed by atoms with van der Waals surface area (Å²) in [6.45, 7) is 2.59. The summed E-state index contributed by atoms with van der Waals surface area (Å²) in [5.41, 5.74) is 7.03. The van der Waals surface area contributed by atoms with Gasteiger partial charge in [-0.1, -0.05) is 12.1 Å². The van der Waals surface area contributed by atoms with Crippen molar-refractivity contribution in [3.8, 4) is 0 Å². The van der Waals surface area contributed by atoms with Crippen LogP contribution in [-0.4, -0.2) is 31.8 Å². The first-order chi connectivity index (χ1) is 9.58. The van der Waals surface area contributed by atoms with Crippen LogP contribution in [0.2, 0.25) is 0 Å². The zero-order valence-corrected chi connectivity index (χ0v) is 12.0. The van der Waals surface area contributed by atoms with Crippen LogP contribution in [0.5, 0.6) is 0 Å². The molecule has 1 atom stereocenters. The number of benzene rings is 1. The normalized spacial score (nSPS) is 24.1. The number of hydrogen-bond donors (Lipinski definition) is 2. The largest absolute Gasteiger partial charge is 0.383 e. The van der Waals surface area contributed by atoms with E-state index in [1.54, 1.807) is 7.11 Å². The van der Waals surface area contributed by atoms with Crippen molar-refractivity contribution in [2.45, 2.75) is 37.8 Å². The number of nitrogens with two attached hydrogens (primary N) is 1. The molecule has 1 unspecified atom stereocenters. The van der Waals surface area contributed by atoms with E-state index in [0.29, 0.717) is 18.5 Å². The van der Waals surface area contributed by atoms with Crippen molar-refractivity contribution in [1.82, 2.24) is 5.32 Å². The predicted molar refractivity (Wildman–Crippen MR) is 78.3 cm³/mol. The van der Waals surface area contributed by atoms with E-state index in [1.807, 2.05) is 19.1 Å². The van der Waals surface area contributed by atoms with E-state index >= 15 is 0 Å². The molecule has 3 N–H and O–H groups in total. The average Bonchev–Trinajstić information content (AvgIpc) is 2.35. The highest BCUT2D eigenvalue weighted by Gasteiger charge is 2.30. The Bertz CT molecular complexity index is 455. The topological polar surface area (TPSA) is 59.6 Å². The van der Waals surface area contributed by atoms with Crippen LogP contribution in [0.1, 0.15) is 31.2 Å². The van der Waals surface area contributed by atoms with Gasteiger partial charge in [-0.25, -0.2) is 4.39 Å². The van der Waals surface area contributed by atoms with Crippen LogP contribution in [0.4, 0.5) is 4.39 Å². The Morgan fingerprint density at radius 1 is 1.45 bits per heavy atom. The van der Waals surface area contributed by atoms with E-state index in [-0.39, 0.29) is 17.9 Å². The third-order valence-electron chi connectivity index (χ3n) is 3.59. The third kappa shape index (κ3) is 3.93. The Kier molecular flexibility index (Phi) is 4.95. The number of methoxy groups -OCH3 is 1. The van der Waals surface area contributed by atoms with Gasteiger partial charge in [0.25, 0.3) is 0 Å². The number of halogens is 1. The van der Waals surface area contributed by atoms with Gasteiger partial charge >= 0.3 is 0 Å². The third-order valence-corrected chi connectivity index (χ3v) is 3.59. The second kappa shape index (κ2) is 6.70. The van der Waals surface area contributed by atoms with Gasteiger partial charge in [-0.3, -0.25) is 4.99 Å². The SMILES string of the molecule is COCC(C)NC(N)=NC1CC(c2ccc(F)cc2)C1. The lowest BCUT2D eigenvalue weighted by molar-refractivity contribution is 0.179. The molecule has 0 radical (unpaired) electrons. The lowest BCUT2D eigenvalue weighted by Gasteiger charge is -2.33. The number of aliphatic imine (C=N–C) groups is 1. The molecular formula is C15H22FN3O. The summed E-state index contributed by atoms with van der Waals surface area (Å²) in [5, 5.41) is 3.10. The van der Waals surface area contributed by atoms with Crippen molar-refractivity contribution >= 4 is 5.96 Å². The molecule has 1 aliphatic carbocycles. The van der Waals surface area contributed by atoms with Gasteiger partial charge in [-0.2, -0.15) is 0 Å². The fourth-order valence-electron chi connectivity index (χ4n) is 2.48. The van der Waals surface area contributed by atoms with Gasteiger partial charge in [0.15, 0.2) is 5.96 Å². The summed E-state index contributed by atoms with van der Waals surface area (Å²) >= 11 is 0. The van der Waals surface area contributed by atoms with Gasteiger partial charge in [-0.05, 0) is 43.4 Å². The first-order valence-corrected chi connectivity index (χ1v) is 6.92. The van der Waals surface area contributed by atoms with E-state index in [0.717, 1.165) is 12.8 Å². The average molecular weight is 279 g/mol. The maximum absolute atomic E-state index is 12.8. The molecule has 0 aliphatic heterocycles. The molecule has 5 heteroatoms. The van der Waals surface area contributed by atoms with Crippen LogP contribution >= 0.6 is 0 Å². The molecule has 0 aromatic heterocycles. The van der Waals surface area contributed by atoms with Gasteiger partial charge in [0.05, 0.1) is 12.6 Å². The van der Waals surface area contributed by atoms with Crippen molar-refractivity contribution in [2.24, 2.45) is 10.7 Å². The zero-order chi connectivity index (χ0) is 14.5. The second-order valence-electron chi connectivity index (χ2n) is 5.39. The molecule has 1 aromatic carbocycles. The van der Waals surface area contributed by atoms with Gasteiger partial charge in [0, 0.05) is 13.2 Å². The van der Waals surface area contributed by atoms with E-state index < -0.39 is 0 Å². The maximum Gasteiger partial charge on any atom is 0.189 e. The highest BCUT2D eigenvalue weighted by Crippen LogP contribution is 2.38. The number of ether oxygens (including phenoxy) is 1. The van der Waals surface area contributed by atoms with E-state index in [9.17, 15) is 4.39 Å². The van der Waals surface area contributed by atoms with E-state index in [4.69, 9.17) is 10.5 Å². The minimum Gasteiger partial charge on any atom is -0.383 e. The Balaban J connectivity index is 1.79. The lowest BCUT2D eigenvalue weighted by Crippen LogP contribution is -2.42. The standard InChI is InChI=1S/C15H22FN3O/c1-10(9-20-2)18-15(17)19-14-7-12(8-14)11-3-5-13(16)6-4-11/h3-6,10,12,14H,7-9H2,1-2H3,(H3,17,18,19). The highest BCUT2D eigenvalue weighted by molar-refractivity contribution is 5.78. The molecule has 0 spiro atoms. The molecule has 1 aromatic rings. The summed E-state index contributed by atoms with van der Waals surface area (Å²) < 4.78 is 17.9. The van der Waals surface area contributed by atoms with Crippen LogP contribution in [0.15, 0.2) is 29.3 Å². The molecule has 4 nitrogen and oxygen atoms in total. The van der Waals surface area contributed by atoms with E-state index in [1.165, 1.54) is 17.7 Å². The Hall–Kier alpha value is -1.62. The summed E-state index contributed by atoms with van der Waals surface area (Å²) in [6, 6.07) is 7.12. The predicted octanol–water partition coefficient (Wildman–Crippen LogP) is 2.01. The van der Waals surface area contributed by atoms with Gasteiger partial charge < -0.3 is 15.8 Å². The van der Waals surface area contributed by atoms with Gasteiger partial charge in [0.2, 0.25) is 0 Å². The fourth-order valence-corrected chi connectivity index (χ4v) is 2.48. The molecule has 1 saturated carbocycles. The van der Waals surface area contributed by atoms with Crippen LogP contribution in [0.3, 0.4) is 0 Å². The number of hydrogen-bond acceptors (Lipinski definition) is 2. The van der Waals surface area contributed by atoms with Crippen LogP contribution < -0.4 is 11.1 Å². The first-order valence-electron chi connectivity index (χ1n) is 6.92. The van der Waals surface area contributed by atoms with Gasteiger partial charge in [-0.15, -0.1) is 0 Å². The second-order valence-corrected chi connectivity index (χ2v) is 5.39. The number of nitrogens with zero attached hydrogens (tertiary/aromatic N) is 1. The minimum atomic E-state index is -0.191. The van der Waals surface area contributed by atoms with E-state index in [2.05, 4.69) is 10.3 Å². The Morgan fingerprint density at radius 2 is 2.10 bits per heavy atom. The molecule has 20 heavy (non-hydrogen) atoms. The number of rotatable bonds is 5. The molecule has 0 saturated heterocycles. The smallest absolute Gasteiger partial charge is 0.189 e. The first kappa shape index (κ1) is 14.8. The number of guanidine groups is 1. The Labute approximate surface area is 119 Å². The molecule has 0 bridgehead atoms. The van der Waals surface area contributed by atoms with Crippen LogP contribution in [0.25, 0.3) is 0 Å². The molecule has 110 valence electrons. The van der Waals surface area contributed by atoms with Crippen molar-refractivity contribution in [1.29, 1.82) is 0 Å². The molecule has 0 amide bonds. The molecular weight excluding hydrogens is 257 g/mol. The Morgan fingerprint density at radius 3 is 2.70 bits per heavy atom. The summed E-state index contributed by atoms with van der Waals surface area (Å²) in [6.07, 6.45) is 1.93. The summed E-state index contributed by atoms with van der Waals surface area (Å²) in [7, 11) is 1.66. The summed E-state index contributed by atoms with van der Waals surface area (Å²) in [5.74, 6) is 0.744. The lowest BCUT2D eigenvalue weighted by atomic mass is 9.76. The quantitative estimate of drug-likeness (QED) is 0.640. The molecule has 1 fully saturated rings. The summed E-state index contributed by atoms with van der Waals surface area (Å²) in [4.78, 5) is 4.45. The van der Waals surface area contributed by atoms with Crippen LogP contribution in [0, 0.1) is 5.82 Å².